The molecule has 1 saturated heterocycles. The molecule has 0 N–H and O–H groups in total. The first-order chi connectivity index (χ1) is 14.4. The molecule has 0 radical (unpaired) electrons. The number of carbonyl (C=O) groups is 3. The Morgan fingerprint density at radius 2 is 1.83 bits per heavy atom. The number of rotatable bonds is 6. The number of amides is 2. The zero-order chi connectivity index (χ0) is 21.7. The average Bonchev–Trinajstić information content (AvgIpc) is 3.15. The lowest BCUT2D eigenvalue weighted by Crippen LogP contribution is -2.45. The fourth-order valence-corrected chi connectivity index (χ4v) is 3.60. The Morgan fingerprint density at radius 1 is 1.17 bits per heavy atom. The first-order valence-corrected chi connectivity index (χ1v) is 10.2. The van der Waals surface area contributed by atoms with Crippen LogP contribution < -0.4 is 0 Å². The van der Waals surface area contributed by atoms with Crippen molar-refractivity contribution in [3.63, 3.8) is 0 Å². The Bertz CT molecular complexity index is 901. The summed E-state index contributed by atoms with van der Waals surface area (Å²) in [6.07, 6.45) is 1.17. The van der Waals surface area contributed by atoms with E-state index in [0.29, 0.717) is 38.2 Å². The fourth-order valence-electron chi connectivity index (χ4n) is 3.60. The minimum Gasteiger partial charge on any atom is -0.466 e. The van der Waals surface area contributed by atoms with Gasteiger partial charge in [-0.1, -0.05) is 18.2 Å². The first-order valence-electron chi connectivity index (χ1n) is 10.2. The van der Waals surface area contributed by atoms with E-state index in [1.165, 1.54) is 4.90 Å². The predicted octanol–water partition coefficient (Wildman–Crippen LogP) is 2.05. The van der Waals surface area contributed by atoms with Crippen LogP contribution in [0.3, 0.4) is 0 Å². The second kappa shape index (κ2) is 9.56. The number of benzene rings is 1. The lowest BCUT2D eigenvalue weighted by atomic mass is 9.97. The zero-order valence-electron chi connectivity index (χ0n) is 17.7. The normalized spacial score (nSPS) is 14.4. The first kappa shape index (κ1) is 21.5. The van der Waals surface area contributed by atoms with Crippen molar-refractivity contribution in [3.05, 3.63) is 47.8 Å². The van der Waals surface area contributed by atoms with Crippen LogP contribution in [0, 0.1) is 12.8 Å². The molecule has 0 unspecified atom stereocenters. The van der Waals surface area contributed by atoms with Gasteiger partial charge in [-0.25, -0.2) is 4.68 Å². The van der Waals surface area contributed by atoms with Gasteiger partial charge in [-0.15, -0.1) is 0 Å². The van der Waals surface area contributed by atoms with Gasteiger partial charge < -0.3 is 14.5 Å². The molecule has 1 aliphatic rings. The average molecular weight is 412 g/mol. The Hall–Kier alpha value is -3.16. The summed E-state index contributed by atoms with van der Waals surface area (Å²) in [7, 11) is 1.60. The van der Waals surface area contributed by atoms with Gasteiger partial charge in [-0.05, 0) is 44.9 Å². The van der Waals surface area contributed by atoms with Crippen LogP contribution in [0.4, 0.5) is 0 Å². The van der Waals surface area contributed by atoms with Gasteiger partial charge in [-0.3, -0.25) is 14.4 Å². The molecule has 0 bridgehead atoms. The molecule has 2 aromatic rings. The lowest BCUT2D eigenvalue weighted by Gasteiger charge is -2.32. The largest absolute Gasteiger partial charge is 0.466 e. The quantitative estimate of drug-likeness (QED) is 0.678. The molecule has 8 heteroatoms. The smallest absolute Gasteiger partial charge is 0.309 e. The molecule has 0 atom stereocenters. The number of para-hydroxylation sites is 1. The number of aromatic nitrogens is 2. The predicted molar refractivity (Wildman–Crippen MR) is 111 cm³/mol. The van der Waals surface area contributed by atoms with Crippen LogP contribution in [0.5, 0.6) is 0 Å². The van der Waals surface area contributed by atoms with Crippen LogP contribution in [0.25, 0.3) is 5.69 Å². The van der Waals surface area contributed by atoms with E-state index in [9.17, 15) is 14.4 Å². The number of ether oxygens (including phenoxy) is 1. The van der Waals surface area contributed by atoms with Crippen LogP contribution in [-0.2, 0) is 14.3 Å². The van der Waals surface area contributed by atoms with E-state index in [-0.39, 0.29) is 30.2 Å². The molecule has 8 nitrogen and oxygen atoms in total. The van der Waals surface area contributed by atoms with E-state index in [1.807, 2.05) is 37.3 Å². The van der Waals surface area contributed by atoms with Crippen molar-refractivity contribution in [1.29, 1.82) is 0 Å². The number of hydrogen-bond donors (Lipinski definition) is 0. The summed E-state index contributed by atoms with van der Waals surface area (Å²) < 4.78 is 6.77. The zero-order valence-corrected chi connectivity index (χ0v) is 17.7. The van der Waals surface area contributed by atoms with E-state index in [4.69, 9.17) is 4.74 Å². The topological polar surface area (TPSA) is 84.7 Å². The fraction of sp³-hybridized carbons (Fsp3) is 0.455. The highest BCUT2D eigenvalue weighted by atomic mass is 16.5. The highest BCUT2D eigenvalue weighted by Crippen LogP contribution is 2.19. The van der Waals surface area contributed by atoms with Gasteiger partial charge >= 0.3 is 5.97 Å². The third kappa shape index (κ3) is 4.87. The van der Waals surface area contributed by atoms with Gasteiger partial charge in [-0.2, -0.15) is 5.10 Å². The number of esters is 1. The summed E-state index contributed by atoms with van der Waals surface area (Å²) >= 11 is 0. The monoisotopic (exact) mass is 412 g/mol. The van der Waals surface area contributed by atoms with Gasteiger partial charge in [0, 0.05) is 25.8 Å². The molecule has 160 valence electrons. The number of aryl methyl sites for hydroxylation is 1. The Kier molecular flexibility index (Phi) is 6.87. The van der Waals surface area contributed by atoms with Gasteiger partial charge in [0.15, 0.2) is 5.69 Å². The highest BCUT2D eigenvalue weighted by molar-refractivity contribution is 5.95. The SMILES string of the molecule is CCOC(=O)C1CCN(C(=O)CN(C)C(=O)c2cc(C)n(-c3ccccc3)n2)CC1. The van der Waals surface area contributed by atoms with Crippen LogP contribution in [0.2, 0.25) is 0 Å². The maximum atomic E-state index is 12.8. The highest BCUT2D eigenvalue weighted by Gasteiger charge is 2.29. The van der Waals surface area contributed by atoms with Crippen LogP contribution in [0.1, 0.15) is 35.9 Å². The molecule has 1 aromatic carbocycles. The number of likely N-dealkylation sites (N-methyl/N-ethyl adjacent to an activating group) is 1. The van der Waals surface area contributed by atoms with E-state index >= 15 is 0 Å². The Morgan fingerprint density at radius 3 is 2.47 bits per heavy atom. The van der Waals surface area contributed by atoms with Gasteiger partial charge in [0.05, 0.1) is 24.8 Å². The van der Waals surface area contributed by atoms with Crippen molar-refractivity contribution in [2.45, 2.75) is 26.7 Å². The summed E-state index contributed by atoms with van der Waals surface area (Å²) in [6, 6.07) is 11.3. The van der Waals surface area contributed by atoms with E-state index in [0.717, 1.165) is 11.4 Å². The number of likely N-dealkylation sites (tertiary alicyclic amines) is 1. The van der Waals surface area contributed by atoms with E-state index in [2.05, 4.69) is 5.10 Å². The third-order valence-electron chi connectivity index (χ3n) is 5.29. The summed E-state index contributed by atoms with van der Waals surface area (Å²) in [5.74, 6) is -0.783. The molecule has 1 fully saturated rings. The molecule has 0 spiro atoms. The molecule has 30 heavy (non-hydrogen) atoms. The van der Waals surface area contributed by atoms with Gasteiger partial charge in [0.25, 0.3) is 5.91 Å². The summed E-state index contributed by atoms with van der Waals surface area (Å²) in [4.78, 5) is 40.4. The number of hydrogen-bond acceptors (Lipinski definition) is 5. The van der Waals surface area contributed by atoms with E-state index in [1.54, 1.807) is 29.6 Å². The second-order valence-corrected chi connectivity index (χ2v) is 7.49. The number of carbonyl (C=O) groups excluding carboxylic acids is 3. The van der Waals surface area contributed by atoms with Crippen molar-refractivity contribution in [1.82, 2.24) is 19.6 Å². The third-order valence-corrected chi connectivity index (χ3v) is 5.29. The number of piperidine rings is 1. The summed E-state index contributed by atoms with van der Waals surface area (Å²) in [5.41, 5.74) is 2.01. The molecular formula is C22H28N4O4. The van der Waals surface area contributed by atoms with Crippen LogP contribution in [-0.4, -0.2) is 70.7 Å². The Balaban J connectivity index is 1.57. The van der Waals surface area contributed by atoms with Crippen LogP contribution in [0.15, 0.2) is 36.4 Å². The maximum absolute atomic E-state index is 12.8. The minimum atomic E-state index is -0.303. The van der Waals surface area contributed by atoms with Crippen molar-refractivity contribution in [2.75, 3.05) is 33.3 Å². The van der Waals surface area contributed by atoms with Gasteiger partial charge in [0.1, 0.15) is 0 Å². The molecule has 2 heterocycles. The van der Waals surface area contributed by atoms with E-state index < -0.39 is 0 Å². The van der Waals surface area contributed by atoms with Crippen molar-refractivity contribution >= 4 is 17.8 Å². The molecular weight excluding hydrogens is 384 g/mol. The van der Waals surface area contributed by atoms with Crippen molar-refractivity contribution in [3.8, 4) is 5.69 Å². The Labute approximate surface area is 176 Å². The minimum absolute atomic E-state index is 0.0276. The van der Waals surface area contributed by atoms with Gasteiger partial charge in [0.2, 0.25) is 5.91 Å². The van der Waals surface area contributed by atoms with Crippen molar-refractivity contribution < 1.29 is 19.1 Å². The molecule has 0 aliphatic carbocycles. The standard InChI is InChI=1S/C22H28N4O4/c1-4-30-22(29)17-10-12-25(13-11-17)20(27)15-24(3)21(28)19-14-16(2)26(23-19)18-8-6-5-7-9-18/h5-9,14,17H,4,10-13,15H2,1-3H3. The lowest BCUT2D eigenvalue weighted by molar-refractivity contribution is -0.151. The summed E-state index contributed by atoms with van der Waals surface area (Å²) in [5, 5.41) is 4.42. The second-order valence-electron chi connectivity index (χ2n) is 7.49. The molecule has 3 rings (SSSR count). The maximum Gasteiger partial charge on any atom is 0.309 e. The van der Waals surface area contributed by atoms with Crippen molar-refractivity contribution in [2.24, 2.45) is 5.92 Å². The number of nitrogens with zero attached hydrogens (tertiary/aromatic N) is 4. The van der Waals surface area contributed by atoms with Crippen LogP contribution >= 0.6 is 0 Å². The summed E-state index contributed by atoms with van der Waals surface area (Å²) in [6.45, 7) is 4.99. The molecule has 2 amide bonds. The molecule has 1 aromatic heterocycles. The molecule has 1 aliphatic heterocycles. The molecule has 0 saturated carbocycles.